The van der Waals surface area contributed by atoms with Crippen molar-refractivity contribution in [2.75, 3.05) is 0 Å². The number of ether oxygens (including phenoxy) is 2. The zero-order valence-electron chi connectivity index (χ0n) is 15.9. The van der Waals surface area contributed by atoms with Crippen molar-refractivity contribution in [3.8, 4) is 11.5 Å². The van der Waals surface area contributed by atoms with Crippen LogP contribution in [-0.2, 0) is 9.53 Å². The van der Waals surface area contributed by atoms with Gasteiger partial charge in [0.05, 0.1) is 15.5 Å². The van der Waals surface area contributed by atoms with Crippen LogP contribution >= 0.6 is 23.2 Å². The zero-order chi connectivity index (χ0) is 22.8. The minimum Gasteiger partial charge on any atom is -0.450 e. The molecule has 32 heavy (non-hydrogen) atoms. The number of nitrogens with zero attached hydrogens (tertiary/aromatic N) is 2. The van der Waals surface area contributed by atoms with Crippen LogP contribution < -0.4 is 4.74 Å². The summed E-state index contributed by atoms with van der Waals surface area (Å²) in [4.78, 5) is 27.3. The van der Waals surface area contributed by atoms with Crippen molar-refractivity contribution >= 4 is 46.8 Å². The van der Waals surface area contributed by atoms with Crippen molar-refractivity contribution in [3.05, 3.63) is 103 Å². The van der Waals surface area contributed by atoms with Gasteiger partial charge in [0.1, 0.15) is 11.6 Å². The minimum absolute atomic E-state index is 0.00585. The molecular formula is C22H11Cl2FN2O5. The molecule has 10 heteroatoms. The lowest BCUT2D eigenvalue weighted by Gasteiger charge is -2.07. The van der Waals surface area contributed by atoms with E-state index in [-0.39, 0.29) is 33.8 Å². The number of carbonyl (C=O) groups excluding carboxylic acids is 1. The van der Waals surface area contributed by atoms with E-state index in [1.807, 2.05) is 0 Å². The first-order chi connectivity index (χ1) is 15.3. The lowest BCUT2D eigenvalue weighted by atomic mass is 10.1. The van der Waals surface area contributed by atoms with Gasteiger partial charge in [-0.1, -0.05) is 29.3 Å². The third-order valence-corrected chi connectivity index (χ3v) is 4.85. The molecule has 0 radical (unpaired) electrons. The number of carbonyl (C=O) groups is 1. The smallest absolute Gasteiger partial charge is 0.363 e. The second kappa shape index (κ2) is 8.78. The summed E-state index contributed by atoms with van der Waals surface area (Å²) in [5.41, 5.74) is 0.289. The Morgan fingerprint density at radius 1 is 1.06 bits per heavy atom. The average Bonchev–Trinajstić information content (AvgIpc) is 3.10. The number of halogens is 3. The van der Waals surface area contributed by atoms with E-state index in [0.29, 0.717) is 16.1 Å². The van der Waals surface area contributed by atoms with Gasteiger partial charge in [-0.15, -0.1) is 0 Å². The average molecular weight is 473 g/mol. The molecule has 160 valence electrons. The van der Waals surface area contributed by atoms with Gasteiger partial charge in [-0.05, 0) is 60.2 Å². The Labute approximate surface area is 190 Å². The molecule has 1 heterocycles. The van der Waals surface area contributed by atoms with Crippen molar-refractivity contribution < 1.29 is 23.6 Å². The van der Waals surface area contributed by atoms with Gasteiger partial charge < -0.3 is 9.47 Å². The van der Waals surface area contributed by atoms with Crippen molar-refractivity contribution in [2.45, 2.75) is 0 Å². The van der Waals surface area contributed by atoms with Gasteiger partial charge in [-0.3, -0.25) is 10.1 Å². The van der Waals surface area contributed by atoms with E-state index in [2.05, 4.69) is 4.99 Å². The first-order valence-corrected chi connectivity index (χ1v) is 9.75. The van der Waals surface area contributed by atoms with E-state index in [0.717, 1.165) is 0 Å². The summed E-state index contributed by atoms with van der Waals surface area (Å²) >= 11 is 12.0. The maximum atomic E-state index is 13.1. The third kappa shape index (κ3) is 4.61. The Balaban J connectivity index is 1.65. The monoisotopic (exact) mass is 472 g/mol. The maximum Gasteiger partial charge on any atom is 0.363 e. The van der Waals surface area contributed by atoms with Crippen LogP contribution in [0.15, 0.2) is 71.4 Å². The Morgan fingerprint density at radius 2 is 1.81 bits per heavy atom. The quantitative estimate of drug-likeness (QED) is 0.191. The summed E-state index contributed by atoms with van der Waals surface area (Å²) in [6.45, 7) is 0. The number of nitro groups is 1. The van der Waals surface area contributed by atoms with Crippen LogP contribution in [0.1, 0.15) is 11.1 Å². The van der Waals surface area contributed by atoms with Crippen molar-refractivity contribution in [1.29, 1.82) is 0 Å². The van der Waals surface area contributed by atoms with Crippen molar-refractivity contribution in [1.82, 2.24) is 0 Å². The molecule has 0 saturated heterocycles. The summed E-state index contributed by atoms with van der Waals surface area (Å²) in [7, 11) is 0. The number of rotatable bonds is 5. The second-order valence-corrected chi connectivity index (χ2v) is 7.34. The lowest BCUT2D eigenvalue weighted by molar-refractivity contribution is -0.385. The number of hydrogen-bond acceptors (Lipinski definition) is 6. The summed E-state index contributed by atoms with van der Waals surface area (Å²) in [6.07, 6.45) is 1.34. The van der Waals surface area contributed by atoms with E-state index >= 15 is 0 Å². The van der Waals surface area contributed by atoms with Gasteiger partial charge in [0, 0.05) is 11.1 Å². The SMILES string of the molecule is O=C1OC(c2ccc(Cl)cc2Cl)=N/C1=C/c1ccc(Oc2ccc(F)cc2)c([N+](=O)[O-])c1. The molecule has 0 bridgehead atoms. The predicted octanol–water partition coefficient (Wildman–Crippen LogP) is 6.18. The van der Waals surface area contributed by atoms with E-state index in [1.54, 1.807) is 12.1 Å². The summed E-state index contributed by atoms with van der Waals surface area (Å²) in [5, 5.41) is 12.2. The number of nitro benzene ring substituents is 1. The largest absolute Gasteiger partial charge is 0.450 e. The van der Waals surface area contributed by atoms with Crippen molar-refractivity contribution in [3.63, 3.8) is 0 Å². The third-order valence-electron chi connectivity index (χ3n) is 4.31. The maximum absolute atomic E-state index is 13.1. The standard InChI is InChI=1S/C22H11Cl2FN2O5/c23-13-2-7-16(17(24)11-13)21-26-18(22(28)32-21)9-12-1-8-20(19(10-12)27(29)30)31-15-5-3-14(25)4-6-15/h1-11H/b18-9+. The van der Waals surface area contributed by atoms with Gasteiger partial charge in [-0.2, -0.15) is 0 Å². The van der Waals surface area contributed by atoms with Crippen molar-refractivity contribution in [2.24, 2.45) is 4.99 Å². The molecule has 0 spiro atoms. The van der Waals surface area contributed by atoms with Crippen LogP contribution in [0.25, 0.3) is 6.08 Å². The van der Waals surface area contributed by atoms with Gasteiger partial charge in [0.25, 0.3) is 0 Å². The highest BCUT2D eigenvalue weighted by molar-refractivity contribution is 6.37. The van der Waals surface area contributed by atoms with Crippen LogP contribution in [0.4, 0.5) is 10.1 Å². The molecule has 1 aliphatic heterocycles. The van der Waals surface area contributed by atoms with Crippen LogP contribution in [0, 0.1) is 15.9 Å². The molecule has 0 atom stereocenters. The molecule has 0 amide bonds. The fourth-order valence-electron chi connectivity index (χ4n) is 2.83. The van der Waals surface area contributed by atoms with Crippen LogP contribution in [0.3, 0.4) is 0 Å². The fraction of sp³-hybridized carbons (Fsp3) is 0. The number of benzene rings is 3. The normalized spacial score (nSPS) is 14.3. The molecule has 4 rings (SSSR count). The van der Waals surface area contributed by atoms with Gasteiger partial charge in [-0.25, -0.2) is 14.2 Å². The highest BCUT2D eigenvalue weighted by atomic mass is 35.5. The number of hydrogen-bond donors (Lipinski definition) is 0. The Kier molecular flexibility index (Phi) is 5.89. The van der Waals surface area contributed by atoms with Gasteiger partial charge in [0.15, 0.2) is 5.70 Å². The van der Waals surface area contributed by atoms with Crippen LogP contribution in [0.2, 0.25) is 10.0 Å². The summed E-state index contributed by atoms with van der Waals surface area (Å²) in [6, 6.07) is 13.8. The first-order valence-electron chi connectivity index (χ1n) is 9.00. The molecule has 0 unspecified atom stereocenters. The second-order valence-electron chi connectivity index (χ2n) is 6.50. The van der Waals surface area contributed by atoms with E-state index < -0.39 is 16.7 Å². The van der Waals surface area contributed by atoms with Crippen LogP contribution in [-0.4, -0.2) is 16.8 Å². The molecule has 0 aliphatic carbocycles. The molecule has 3 aromatic carbocycles. The lowest BCUT2D eigenvalue weighted by Crippen LogP contribution is -2.05. The Bertz CT molecular complexity index is 1310. The highest BCUT2D eigenvalue weighted by Crippen LogP contribution is 2.33. The number of cyclic esters (lactones) is 1. The molecule has 0 N–H and O–H groups in total. The van der Waals surface area contributed by atoms with Gasteiger partial charge in [0.2, 0.25) is 11.6 Å². The number of esters is 1. The topological polar surface area (TPSA) is 91.0 Å². The molecule has 0 fully saturated rings. The fourth-order valence-corrected chi connectivity index (χ4v) is 3.32. The Hall–Kier alpha value is -3.75. The van der Waals surface area contributed by atoms with Gasteiger partial charge >= 0.3 is 11.7 Å². The summed E-state index contributed by atoms with van der Waals surface area (Å²) in [5.74, 6) is -1.02. The van der Waals surface area contributed by atoms with Crippen LogP contribution in [0.5, 0.6) is 11.5 Å². The molecule has 0 saturated carbocycles. The molecular weight excluding hydrogens is 462 g/mol. The molecule has 7 nitrogen and oxygen atoms in total. The molecule has 0 aromatic heterocycles. The minimum atomic E-state index is -0.736. The summed E-state index contributed by atoms with van der Waals surface area (Å²) < 4.78 is 23.7. The van der Waals surface area contributed by atoms with E-state index in [4.69, 9.17) is 32.7 Å². The molecule has 1 aliphatic rings. The number of aliphatic imine (C=N–C) groups is 1. The zero-order valence-corrected chi connectivity index (χ0v) is 17.4. The highest BCUT2D eigenvalue weighted by Gasteiger charge is 2.26. The Morgan fingerprint density at radius 3 is 2.50 bits per heavy atom. The van der Waals surface area contributed by atoms with E-state index in [9.17, 15) is 19.3 Å². The predicted molar refractivity (Wildman–Crippen MR) is 117 cm³/mol. The first kappa shape index (κ1) is 21.5. The van der Waals surface area contributed by atoms with E-state index in [1.165, 1.54) is 54.6 Å². The molecule has 3 aromatic rings.